The fraction of sp³-hybridized carbons (Fsp3) is 0.483. The molecule has 216 valence electrons. The third kappa shape index (κ3) is 8.21. The SMILES string of the molecule is CC.CCC1(C)C=C(C(F)(F)F)c2cc(Cl)c(OCCCOc3ccc(O[C@](C)(CC)C(=O)O)cc3)cc2O1. The number of halogens is 4. The highest BCUT2D eigenvalue weighted by Gasteiger charge is 2.42. The van der Waals surface area contributed by atoms with Crippen molar-refractivity contribution < 1.29 is 42.0 Å². The Balaban J connectivity index is 0.00000260. The van der Waals surface area contributed by atoms with Crippen molar-refractivity contribution in [3.63, 3.8) is 0 Å². The number of allylic oxidation sites excluding steroid dienone is 1. The topological polar surface area (TPSA) is 74.2 Å². The van der Waals surface area contributed by atoms with Gasteiger partial charge in [-0.25, -0.2) is 4.79 Å². The first-order chi connectivity index (χ1) is 18.3. The summed E-state index contributed by atoms with van der Waals surface area (Å²) in [6, 6.07) is 9.21. The van der Waals surface area contributed by atoms with E-state index in [-0.39, 0.29) is 28.7 Å². The van der Waals surface area contributed by atoms with Crippen LogP contribution in [0.15, 0.2) is 42.5 Å². The molecule has 6 nitrogen and oxygen atoms in total. The van der Waals surface area contributed by atoms with Gasteiger partial charge in [-0.1, -0.05) is 39.3 Å². The Morgan fingerprint density at radius 1 is 1.05 bits per heavy atom. The molecule has 2 aromatic carbocycles. The Kier molecular flexibility index (Phi) is 11.0. The number of benzene rings is 2. The molecule has 3 rings (SSSR count). The van der Waals surface area contributed by atoms with Crippen LogP contribution in [-0.4, -0.2) is 41.7 Å². The van der Waals surface area contributed by atoms with Crippen molar-refractivity contribution in [1.29, 1.82) is 0 Å². The number of carboxylic acid groups (broad SMARTS) is 1. The number of alkyl halides is 3. The zero-order valence-electron chi connectivity index (χ0n) is 23.1. The average molecular weight is 573 g/mol. The van der Waals surface area contributed by atoms with E-state index < -0.39 is 28.9 Å². The van der Waals surface area contributed by atoms with Crippen LogP contribution in [0.5, 0.6) is 23.0 Å². The molecule has 2 atom stereocenters. The van der Waals surface area contributed by atoms with Crippen LogP contribution in [0.1, 0.15) is 66.4 Å². The summed E-state index contributed by atoms with van der Waals surface area (Å²) in [5, 5.41) is 9.38. The summed E-state index contributed by atoms with van der Waals surface area (Å²) in [6.07, 6.45) is -2.32. The van der Waals surface area contributed by atoms with Gasteiger partial charge in [-0.3, -0.25) is 0 Å². The first-order valence-electron chi connectivity index (χ1n) is 12.9. The van der Waals surface area contributed by atoms with Gasteiger partial charge in [0.15, 0.2) is 0 Å². The molecule has 0 amide bonds. The van der Waals surface area contributed by atoms with Gasteiger partial charge in [0.1, 0.15) is 28.6 Å². The van der Waals surface area contributed by atoms with E-state index in [9.17, 15) is 23.1 Å². The van der Waals surface area contributed by atoms with E-state index in [2.05, 4.69) is 0 Å². The molecule has 0 aromatic heterocycles. The lowest BCUT2D eigenvalue weighted by Crippen LogP contribution is -2.40. The van der Waals surface area contributed by atoms with Crippen molar-refractivity contribution in [3.05, 3.63) is 53.1 Å². The lowest BCUT2D eigenvalue weighted by Gasteiger charge is -2.34. The first-order valence-corrected chi connectivity index (χ1v) is 13.3. The van der Waals surface area contributed by atoms with Crippen molar-refractivity contribution in [1.82, 2.24) is 0 Å². The predicted molar refractivity (Wildman–Crippen MR) is 145 cm³/mol. The molecule has 39 heavy (non-hydrogen) atoms. The second-order valence-electron chi connectivity index (χ2n) is 9.12. The first kappa shape index (κ1) is 32.1. The van der Waals surface area contributed by atoms with Crippen LogP contribution in [0.3, 0.4) is 0 Å². The molecule has 0 spiro atoms. The molecular weight excluding hydrogens is 537 g/mol. The Bertz CT molecular complexity index is 1150. The zero-order chi connectivity index (χ0) is 29.4. The van der Waals surface area contributed by atoms with E-state index in [4.69, 9.17) is 30.5 Å². The molecule has 10 heteroatoms. The Morgan fingerprint density at radius 3 is 2.18 bits per heavy atom. The van der Waals surface area contributed by atoms with Gasteiger partial charge in [-0.05, 0) is 63.1 Å². The van der Waals surface area contributed by atoms with Crippen LogP contribution in [-0.2, 0) is 4.79 Å². The molecule has 2 aromatic rings. The Labute approximate surface area is 232 Å². The highest BCUT2D eigenvalue weighted by Crippen LogP contribution is 2.48. The molecule has 0 bridgehead atoms. The maximum absolute atomic E-state index is 13.7. The van der Waals surface area contributed by atoms with Crippen LogP contribution < -0.4 is 18.9 Å². The quantitative estimate of drug-likeness (QED) is 0.273. The van der Waals surface area contributed by atoms with Crippen LogP contribution >= 0.6 is 11.6 Å². The zero-order valence-corrected chi connectivity index (χ0v) is 23.8. The largest absolute Gasteiger partial charge is 0.493 e. The summed E-state index contributed by atoms with van der Waals surface area (Å²) < 4.78 is 63.8. The normalized spacial score (nSPS) is 17.8. The second kappa shape index (κ2) is 13.3. The lowest BCUT2D eigenvalue weighted by atomic mass is 9.91. The van der Waals surface area contributed by atoms with Crippen LogP contribution in [0.2, 0.25) is 5.02 Å². The summed E-state index contributed by atoms with van der Waals surface area (Å²) in [5.41, 5.74) is -3.31. The number of carboxylic acids is 1. The van der Waals surface area contributed by atoms with Gasteiger partial charge in [0, 0.05) is 18.1 Å². The van der Waals surface area contributed by atoms with E-state index in [1.807, 2.05) is 13.8 Å². The molecule has 1 N–H and O–H groups in total. The maximum Gasteiger partial charge on any atom is 0.416 e. The van der Waals surface area contributed by atoms with Crippen LogP contribution in [0.25, 0.3) is 5.57 Å². The number of hydrogen-bond acceptors (Lipinski definition) is 5. The molecule has 0 saturated carbocycles. The fourth-order valence-electron chi connectivity index (χ4n) is 3.57. The van der Waals surface area contributed by atoms with Crippen molar-refractivity contribution in [3.8, 4) is 23.0 Å². The van der Waals surface area contributed by atoms with Gasteiger partial charge in [0.25, 0.3) is 0 Å². The molecule has 1 unspecified atom stereocenters. The van der Waals surface area contributed by atoms with Crippen LogP contribution in [0.4, 0.5) is 13.2 Å². The molecule has 0 fully saturated rings. The van der Waals surface area contributed by atoms with Gasteiger partial charge >= 0.3 is 12.1 Å². The standard InChI is InChI=1S/C27H30ClF3O6.C2H6/c1-5-25(3)16-20(27(29,30)31)19-14-21(28)23(15-22(19)37-25)35-13-7-12-34-17-8-10-18(11-9-17)36-26(4,6-2)24(32)33;1-2/h8-11,14-16H,5-7,12-13H2,1-4H3,(H,32,33);1-2H3/t25?,26-;/m1./s1. The molecule has 0 radical (unpaired) electrons. The summed E-state index contributed by atoms with van der Waals surface area (Å²) in [5.74, 6) is 0.221. The number of ether oxygens (including phenoxy) is 4. The van der Waals surface area contributed by atoms with Crippen molar-refractivity contribution in [2.45, 2.75) is 78.2 Å². The smallest absolute Gasteiger partial charge is 0.416 e. The van der Waals surface area contributed by atoms with E-state index in [0.29, 0.717) is 37.4 Å². The number of rotatable bonds is 11. The van der Waals surface area contributed by atoms with Crippen LogP contribution in [0, 0.1) is 0 Å². The highest BCUT2D eigenvalue weighted by atomic mass is 35.5. The predicted octanol–water partition coefficient (Wildman–Crippen LogP) is 8.35. The van der Waals surface area contributed by atoms with Crippen molar-refractivity contribution in [2.24, 2.45) is 0 Å². The molecule has 1 aliphatic rings. The minimum Gasteiger partial charge on any atom is -0.493 e. The minimum atomic E-state index is -4.55. The molecule has 0 aliphatic carbocycles. The average Bonchev–Trinajstić information content (AvgIpc) is 2.90. The van der Waals surface area contributed by atoms with Crippen molar-refractivity contribution in [2.75, 3.05) is 13.2 Å². The van der Waals surface area contributed by atoms with Gasteiger partial charge in [-0.2, -0.15) is 13.2 Å². The summed E-state index contributed by atoms with van der Waals surface area (Å²) in [4.78, 5) is 11.4. The van der Waals surface area contributed by atoms with E-state index in [1.54, 1.807) is 45.0 Å². The third-order valence-corrected chi connectivity index (χ3v) is 6.53. The van der Waals surface area contributed by atoms with Crippen molar-refractivity contribution >= 4 is 23.1 Å². The summed E-state index contributed by atoms with van der Waals surface area (Å²) >= 11 is 6.23. The fourth-order valence-corrected chi connectivity index (χ4v) is 3.79. The molecule has 1 heterocycles. The summed E-state index contributed by atoms with van der Waals surface area (Å²) in [6.45, 7) is 11.1. The molecule has 1 aliphatic heterocycles. The van der Waals surface area contributed by atoms with Gasteiger partial charge in [-0.15, -0.1) is 0 Å². The Hall–Kier alpha value is -3.07. The second-order valence-corrected chi connectivity index (χ2v) is 9.52. The number of carbonyl (C=O) groups is 1. The number of fused-ring (bicyclic) bond motifs is 1. The van der Waals surface area contributed by atoms with E-state index in [0.717, 1.165) is 6.08 Å². The Morgan fingerprint density at radius 2 is 1.64 bits per heavy atom. The molecule has 0 saturated heterocycles. The summed E-state index contributed by atoms with van der Waals surface area (Å²) in [7, 11) is 0. The number of aliphatic carboxylic acids is 1. The van der Waals surface area contributed by atoms with E-state index >= 15 is 0 Å². The lowest BCUT2D eigenvalue weighted by molar-refractivity contribution is -0.154. The minimum absolute atomic E-state index is 0.0505. The third-order valence-electron chi connectivity index (χ3n) is 6.23. The highest BCUT2D eigenvalue weighted by molar-refractivity contribution is 6.32. The van der Waals surface area contributed by atoms with E-state index in [1.165, 1.54) is 19.1 Å². The number of hydrogen-bond donors (Lipinski definition) is 1. The van der Waals surface area contributed by atoms with Gasteiger partial charge < -0.3 is 24.1 Å². The van der Waals surface area contributed by atoms with Gasteiger partial charge in [0.05, 0.1) is 23.8 Å². The van der Waals surface area contributed by atoms with Gasteiger partial charge in [0.2, 0.25) is 5.60 Å². The molecular formula is C29H36ClF3O6. The maximum atomic E-state index is 13.7. The monoisotopic (exact) mass is 572 g/mol.